The third kappa shape index (κ3) is 3.21. The molecule has 0 saturated carbocycles. The Kier molecular flexibility index (Phi) is 4.99. The third-order valence-corrected chi connectivity index (χ3v) is 2.63. The predicted molar refractivity (Wildman–Crippen MR) is 60.4 cm³/mol. The zero-order chi connectivity index (χ0) is 12.9. The molecule has 0 aliphatic heterocycles. The molecule has 1 rings (SSSR count). The molecule has 0 heterocycles. The van der Waals surface area contributed by atoms with E-state index in [0.717, 1.165) is 6.07 Å². The molecular weight excluding hydrogens is 228 g/mol. The minimum atomic E-state index is -1.54. The Labute approximate surface area is 99.2 Å². The maximum atomic E-state index is 13.6. The molecule has 0 saturated heterocycles. The number of nitrogens with two attached hydrogens (primary N) is 1. The number of hydrogen-bond acceptors (Lipinski definition) is 3. The highest BCUT2D eigenvalue weighted by Crippen LogP contribution is 2.29. The lowest BCUT2D eigenvalue weighted by molar-refractivity contribution is -0.0456. The molecule has 17 heavy (non-hydrogen) atoms. The molecule has 3 nitrogen and oxygen atoms in total. The second-order valence-electron chi connectivity index (χ2n) is 3.96. The molecule has 5 heteroatoms. The Morgan fingerprint density at radius 2 is 2.12 bits per heavy atom. The number of halogens is 2. The number of hydrogen-bond donors (Lipinski definition) is 2. The van der Waals surface area contributed by atoms with Crippen molar-refractivity contribution in [3.05, 3.63) is 35.4 Å². The SMILES string of the molecule is COCC(O)(CCCN)c1cccc(F)c1F. The van der Waals surface area contributed by atoms with Crippen molar-refractivity contribution in [3.8, 4) is 0 Å². The van der Waals surface area contributed by atoms with Crippen LogP contribution in [0.5, 0.6) is 0 Å². The average Bonchev–Trinajstić information content (AvgIpc) is 2.30. The maximum Gasteiger partial charge on any atom is 0.164 e. The molecule has 0 radical (unpaired) electrons. The summed E-state index contributed by atoms with van der Waals surface area (Å²) in [6.07, 6.45) is 0.716. The van der Waals surface area contributed by atoms with Crippen LogP contribution in [-0.2, 0) is 10.3 Å². The zero-order valence-electron chi connectivity index (χ0n) is 9.75. The normalized spacial score (nSPS) is 14.6. The fraction of sp³-hybridized carbons (Fsp3) is 0.500. The zero-order valence-corrected chi connectivity index (χ0v) is 9.75. The Morgan fingerprint density at radius 3 is 2.71 bits per heavy atom. The van der Waals surface area contributed by atoms with Gasteiger partial charge < -0.3 is 15.6 Å². The van der Waals surface area contributed by atoms with E-state index < -0.39 is 17.2 Å². The third-order valence-electron chi connectivity index (χ3n) is 2.63. The van der Waals surface area contributed by atoms with Crippen molar-refractivity contribution in [1.29, 1.82) is 0 Å². The van der Waals surface area contributed by atoms with Gasteiger partial charge in [0, 0.05) is 12.7 Å². The van der Waals surface area contributed by atoms with Gasteiger partial charge in [-0.05, 0) is 25.5 Å². The van der Waals surface area contributed by atoms with Crippen LogP contribution in [0.2, 0.25) is 0 Å². The summed E-state index contributed by atoms with van der Waals surface area (Å²) < 4.78 is 31.6. The molecule has 0 bridgehead atoms. The molecule has 96 valence electrons. The molecule has 1 aromatic rings. The lowest BCUT2D eigenvalue weighted by Crippen LogP contribution is -2.33. The first-order valence-corrected chi connectivity index (χ1v) is 5.41. The van der Waals surface area contributed by atoms with Gasteiger partial charge in [-0.1, -0.05) is 12.1 Å². The fourth-order valence-electron chi connectivity index (χ4n) is 1.78. The van der Waals surface area contributed by atoms with E-state index >= 15 is 0 Å². The van der Waals surface area contributed by atoms with Gasteiger partial charge in [-0.3, -0.25) is 0 Å². The van der Waals surface area contributed by atoms with Crippen molar-refractivity contribution >= 4 is 0 Å². The molecule has 0 aliphatic carbocycles. The van der Waals surface area contributed by atoms with Gasteiger partial charge in [0.2, 0.25) is 0 Å². The van der Waals surface area contributed by atoms with Crippen molar-refractivity contribution in [3.63, 3.8) is 0 Å². The van der Waals surface area contributed by atoms with E-state index in [1.807, 2.05) is 0 Å². The molecule has 0 spiro atoms. The first kappa shape index (κ1) is 14.0. The second-order valence-corrected chi connectivity index (χ2v) is 3.96. The minimum absolute atomic E-state index is 0.0900. The highest BCUT2D eigenvalue weighted by atomic mass is 19.2. The smallest absolute Gasteiger partial charge is 0.164 e. The minimum Gasteiger partial charge on any atom is -0.383 e. The molecule has 1 aromatic carbocycles. The first-order valence-electron chi connectivity index (χ1n) is 5.41. The monoisotopic (exact) mass is 245 g/mol. The standard InChI is InChI=1S/C12H17F2NO2/c1-17-8-12(16,6-3-7-15)9-4-2-5-10(13)11(9)14/h2,4-5,16H,3,6-8,15H2,1H3. The predicted octanol–water partition coefficient (Wildman–Crippen LogP) is 1.54. The van der Waals surface area contributed by atoms with Gasteiger partial charge >= 0.3 is 0 Å². The van der Waals surface area contributed by atoms with Crippen LogP contribution < -0.4 is 5.73 Å². The molecule has 1 atom stereocenters. The number of benzene rings is 1. The van der Waals surface area contributed by atoms with E-state index in [9.17, 15) is 13.9 Å². The quantitative estimate of drug-likeness (QED) is 0.799. The summed E-state index contributed by atoms with van der Waals surface area (Å²) in [7, 11) is 1.39. The maximum absolute atomic E-state index is 13.6. The molecule has 0 amide bonds. The summed E-state index contributed by atoms with van der Waals surface area (Å²) in [5, 5.41) is 10.3. The van der Waals surface area contributed by atoms with Gasteiger partial charge in [0.15, 0.2) is 11.6 Å². The van der Waals surface area contributed by atoms with Gasteiger partial charge in [-0.2, -0.15) is 0 Å². The van der Waals surface area contributed by atoms with Crippen LogP contribution in [0, 0.1) is 11.6 Å². The van der Waals surface area contributed by atoms with Crippen LogP contribution in [0.1, 0.15) is 18.4 Å². The Morgan fingerprint density at radius 1 is 1.41 bits per heavy atom. The van der Waals surface area contributed by atoms with Gasteiger partial charge in [-0.25, -0.2) is 8.78 Å². The van der Waals surface area contributed by atoms with Crippen LogP contribution in [0.4, 0.5) is 8.78 Å². The van der Waals surface area contributed by atoms with Gasteiger partial charge in [0.05, 0.1) is 6.61 Å². The van der Waals surface area contributed by atoms with Gasteiger partial charge in [-0.15, -0.1) is 0 Å². The summed E-state index contributed by atoms with van der Waals surface area (Å²) in [5.41, 5.74) is 3.73. The van der Waals surface area contributed by atoms with Gasteiger partial charge in [0.1, 0.15) is 5.60 Å². The molecular formula is C12H17F2NO2. The summed E-state index contributed by atoms with van der Waals surface area (Å²) in [5.74, 6) is -2.02. The van der Waals surface area contributed by atoms with Crippen molar-refractivity contribution < 1.29 is 18.6 Å². The van der Waals surface area contributed by atoms with Crippen molar-refractivity contribution in [2.75, 3.05) is 20.3 Å². The van der Waals surface area contributed by atoms with Crippen LogP contribution in [0.3, 0.4) is 0 Å². The lowest BCUT2D eigenvalue weighted by atomic mass is 9.89. The molecule has 0 fully saturated rings. The number of methoxy groups -OCH3 is 1. The fourth-order valence-corrected chi connectivity index (χ4v) is 1.78. The Bertz CT molecular complexity index is 374. The summed E-state index contributed by atoms with van der Waals surface area (Å²) >= 11 is 0. The van der Waals surface area contributed by atoms with Crippen LogP contribution in [0.15, 0.2) is 18.2 Å². The van der Waals surface area contributed by atoms with Crippen LogP contribution >= 0.6 is 0 Å². The molecule has 0 aromatic heterocycles. The van der Waals surface area contributed by atoms with Crippen LogP contribution in [-0.4, -0.2) is 25.4 Å². The van der Waals surface area contributed by atoms with E-state index in [1.54, 1.807) is 0 Å². The van der Waals surface area contributed by atoms with Crippen molar-refractivity contribution in [2.45, 2.75) is 18.4 Å². The summed E-state index contributed by atoms with van der Waals surface area (Å²) in [4.78, 5) is 0. The topological polar surface area (TPSA) is 55.5 Å². The summed E-state index contributed by atoms with van der Waals surface area (Å²) in [6.45, 7) is 0.260. The van der Waals surface area contributed by atoms with Crippen molar-refractivity contribution in [2.24, 2.45) is 5.73 Å². The first-order chi connectivity index (χ1) is 8.05. The molecule has 1 unspecified atom stereocenters. The Hall–Kier alpha value is -1.04. The highest BCUT2D eigenvalue weighted by Gasteiger charge is 2.32. The van der Waals surface area contributed by atoms with Gasteiger partial charge in [0.25, 0.3) is 0 Å². The number of aliphatic hydroxyl groups is 1. The molecule has 0 aliphatic rings. The highest BCUT2D eigenvalue weighted by molar-refractivity contribution is 5.25. The van der Waals surface area contributed by atoms with Crippen LogP contribution in [0.25, 0.3) is 0 Å². The van der Waals surface area contributed by atoms with E-state index in [-0.39, 0.29) is 18.6 Å². The number of ether oxygens (including phenoxy) is 1. The summed E-state index contributed by atoms with van der Waals surface area (Å²) in [6, 6.07) is 3.72. The van der Waals surface area contributed by atoms with E-state index in [4.69, 9.17) is 10.5 Å². The molecule has 3 N–H and O–H groups in total. The lowest BCUT2D eigenvalue weighted by Gasteiger charge is -2.28. The van der Waals surface area contributed by atoms with E-state index in [2.05, 4.69) is 0 Å². The second kappa shape index (κ2) is 6.05. The van der Waals surface area contributed by atoms with Crippen molar-refractivity contribution in [1.82, 2.24) is 0 Å². The van der Waals surface area contributed by atoms with E-state index in [0.29, 0.717) is 13.0 Å². The van der Waals surface area contributed by atoms with E-state index in [1.165, 1.54) is 19.2 Å². The Balaban J connectivity index is 3.08. The average molecular weight is 245 g/mol. The largest absolute Gasteiger partial charge is 0.383 e. The number of rotatable bonds is 6.